The number of amides is 1. The molecule has 0 atom stereocenters. The fourth-order valence-corrected chi connectivity index (χ4v) is 1.20. The lowest BCUT2D eigenvalue weighted by Gasteiger charge is -2.26. The third-order valence-electron chi connectivity index (χ3n) is 2.51. The van der Waals surface area contributed by atoms with Gasteiger partial charge in [-0.3, -0.25) is 4.79 Å². The summed E-state index contributed by atoms with van der Waals surface area (Å²) in [6.07, 6.45) is 0.819. The van der Waals surface area contributed by atoms with Crippen LogP contribution in [0.2, 0.25) is 0 Å². The Labute approximate surface area is 95.6 Å². The predicted octanol–water partition coefficient (Wildman–Crippen LogP) is 1.94. The van der Waals surface area contributed by atoms with Gasteiger partial charge in [-0.15, -0.1) is 0 Å². The summed E-state index contributed by atoms with van der Waals surface area (Å²) in [6.45, 7) is 5.90. The van der Waals surface area contributed by atoms with E-state index in [0.29, 0.717) is 17.0 Å². The molecule has 16 heavy (non-hydrogen) atoms. The Balaban J connectivity index is 3.10. The number of hydrogen-bond donors (Lipinski definition) is 2. The standard InChI is InChI=1S/C12H18N2O2/c1-4-12(2,3)16-10-7-8(13)5-6-9(10)11(14)15/h5-7H,4,13H2,1-3H3,(H2,14,15). The van der Waals surface area contributed by atoms with E-state index in [2.05, 4.69) is 0 Å². The van der Waals surface area contributed by atoms with Crippen LogP contribution in [0.4, 0.5) is 5.69 Å². The zero-order chi connectivity index (χ0) is 12.3. The topological polar surface area (TPSA) is 78.3 Å². The van der Waals surface area contributed by atoms with Gasteiger partial charge in [-0.1, -0.05) is 6.92 Å². The van der Waals surface area contributed by atoms with Crippen LogP contribution in [0.25, 0.3) is 0 Å². The van der Waals surface area contributed by atoms with E-state index >= 15 is 0 Å². The Hall–Kier alpha value is -1.71. The van der Waals surface area contributed by atoms with Crippen molar-refractivity contribution >= 4 is 11.6 Å². The minimum absolute atomic E-state index is 0.349. The average molecular weight is 222 g/mol. The number of rotatable bonds is 4. The lowest BCUT2D eigenvalue weighted by Crippen LogP contribution is -2.28. The summed E-state index contributed by atoms with van der Waals surface area (Å²) < 4.78 is 5.74. The number of primary amides is 1. The molecule has 0 spiro atoms. The van der Waals surface area contributed by atoms with Crippen molar-refractivity contribution in [2.24, 2.45) is 5.73 Å². The van der Waals surface area contributed by atoms with Gasteiger partial charge in [-0.2, -0.15) is 0 Å². The van der Waals surface area contributed by atoms with Gasteiger partial charge < -0.3 is 16.2 Å². The molecule has 1 aromatic carbocycles. The third kappa shape index (κ3) is 2.89. The van der Waals surface area contributed by atoms with Crippen LogP contribution in [-0.4, -0.2) is 11.5 Å². The van der Waals surface area contributed by atoms with Gasteiger partial charge in [0.1, 0.15) is 11.4 Å². The SMILES string of the molecule is CCC(C)(C)Oc1cc(N)ccc1C(N)=O. The van der Waals surface area contributed by atoms with E-state index in [1.165, 1.54) is 0 Å². The summed E-state index contributed by atoms with van der Waals surface area (Å²) in [6, 6.07) is 4.84. The van der Waals surface area contributed by atoms with Gasteiger partial charge in [0.05, 0.1) is 5.56 Å². The first-order valence-corrected chi connectivity index (χ1v) is 5.24. The molecule has 4 N–H and O–H groups in total. The average Bonchev–Trinajstić information content (AvgIpc) is 2.16. The minimum Gasteiger partial charge on any atom is -0.487 e. The van der Waals surface area contributed by atoms with E-state index in [4.69, 9.17) is 16.2 Å². The summed E-state index contributed by atoms with van der Waals surface area (Å²) in [5.74, 6) is -0.0683. The van der Waals surface area contributed by atoms with Crippen LogP contribution in [0.3, 0.4) is 0 Å². The Morgan fingerprint density at radius 3 is 2.56 bits per heavy atom. The number of ether oxygens (including phenoxy) is 1. The second-order valence-corrected chi connectivity index (χ2v) is 4.34. The van der Waals surface area contributed by atoms with Crippen molar-refractivity contribution < 1.29 is 9.53 Å². The van der Waals surface area contributed by atoms with Crippen LogP contribution < -0.4 is 16.2 Å². The molecule has 0 aliphatic carbocycles. The summed E-state index contributed by atoms with van der Waals surface area (Å²) in [4.78, 5) is 11.2. The highest BCUT2D eigenvalue weighted by molar-refractivity contribution is 5.96. The lowest BCUT2D eigenvalue weighted by molar-refractivity contribution is 0.0938. The normalized spacial score (nSPS) is 11.2. The van der Waals surface area contributed by atoms with E-state index in [1.54, 1.807) is 18.2 Å². The molecular formula is C12H18N2O2. The van der Waals surface area contributed by atoms with Gasteiger partial charge >= 0.3 is 0 Å². The van der Waals surface area contributed by atoms with E-state index < -0.39 is 5.91 Å². The van der Waals surface area contributed by atoms with Crippen molar-refractivity contribution in [2.45, 2.75) is 32.8 Å². The highest BCUT2D eigenvalue weighted by Crippen LogP contribution is 2.26. The van der Waals surface area contributed by atoms with Crippen molar-refractivity contribution in [1.82, 2.24) is 0 Å². The predicted molar refractivity (Wildman–Crippen MR) is 64.4 cm³/mol. The van der Waals surface area contributed by atoms with Crippen molar-refractivity contribution in [3.8, 4) is 5.75 Å². The Kier molecular flexibility index (Phi) is 3.42. The summed E-state index contributed by atoms with van der Waals surface area (Å²) >= 11 is 0. The monoisotopic (exact) mass is 222 g/mol. The second kappa shape index (κ2) is 4.43. The molecule has 0 saturated carbocycles. The molecule has 0 unspecified atom stereocenters. The molecule has 0 radical (unpaired) electrons. The first-order chi connectivity index (χ1) is 7.35. The number of carbonyl (C=O) groups is 1. The summed E-state index contributed by atoms with van der Waals surface area (Å²) in [7, 11) is 0. The largest absolute Gasteiger partial charge is 0.487 e. The first kappa shape index (κ1) is 12.4. The molecule has 4 nitrogen and oxygen atoms in total. The maximum atomic E-state index is 11.2. The van der Waals surface area contributed by atoms with Crippen molar-refractivity contribution in [1.29, 1.82) is 0 Å². The Bertz CT molecular complexity index is 400. The molecular weight excluding hydrogens is 204 g/mol. The van der Waals surface area contributed by atoms with Crippen molar-refractivity contribution in [3.05, 3.63) is 23.8 Å². The molecule has 0 fully saturated rings. The zero-order valence-corrected chi connectivity index (χ0v) is 9.91. The molecule has 0 bridgehead atoms. The highest BCUT2D eigenvalue weighted by atomic mass is 16.5. The van der Waals surface area contributed by atoms with Crippen LogP contribution in [0.1, 0.15) is 37.6 Å². The molecule has 0 aliphatic rings. The molecule has 88 valence electrons. The van der Waals surface area contributed by atoms with Crippen LogP contribution in [0.15, 0.2) is 18.2 Å². The second-order valence-electron chi connectivity index (χ2n) is 4.34. The van der Waals surface area contributed by atoms with E-state index in [1.807, 2.05) is 20.8 Å². The molecule has 0 saturated heterocycles. The molecule has 0 aromatic heterocycles. The summed E-state index contributed by atoms with van der Waals surface area (Å²) in [5, 5.41) is 0. The number of nitrogens with two attached hydrogens (primary N) is 2. The molecule has 1 amide bonds. The van der Waals surface area contributed by atoms with Crippen LogP contribution in [0, 0.1) is 0 Å². The van der Waals surface area contributed by atoms with Crippen molar-refractivity contribution in [2.75, 3.05) is 5.73 Å². The molecule has 0 heterocycles. The Morgan fingerprint density at radius 1 is 1.44 bits per heavy atom. The van der Waals surface area contributed by atoms with Gasteiger partial charge in [0.15, 0.2) is 0 Å². The quantitative estimate of drug-likeness (QED) is 0.764. The van der Waals surface area contributed by atoms with Gasteiger partial charge in [-0.25, -0.2) is 0 Å². The Morgan fingerprint density at radius 2 is 2.06 bits per heavy atom. The zero-order valence-electron chi connectivity index (χ0n) is 9.91. The lowest BCUT2D eigenvalue weighted by atomic mass is 10.1. The molecule has 1 aromatic rings. The first-order valence-electron chi connectivity index (χ1n) is 5.24. The van der Waals surface area contributed by atoms with E-state index in [-0.39, 0.29) is 5.60 Å². The number of anilines is 1. The minimum atomic E-state index is -0.512. The van der Waals surface area contributed by atoms with Gasteiger partial charge in [-0.05, 0) is 32.4 Å². The number of hydrogen-bond acceptors (Lipinski definition) is 3. The smallest absolute Gasteiger partial charge is 0.252 e. The van der Waals surface area contributed by atoms with Crippen molar-refractivity contribution in [3.63, 3.8) is 0 Å². The van der Waals surface area contributed by atoms with Gasteiger partial charge in [0.25, 0.3) is 5.91 Å². The van der Waals surface area contributed by atoms with E-state index in [0.717, 1.165) is 6.42 Å². The highest BCUT2D eigenvalue weighted by Gasteiger charge is 2.20. The fraction of sp³-hybridized carbons (Fsp3) is 0.417. The number of carbonyl (C=O) groups excluding carboxylic acids is 1. The van der Waals surface area contributed by atoms with Gasteiger partial charge in [0.2, 0.25) is 0 Å². The fourth-order valence-electron chi connectivity index (χ4n) is 1.20. The van der Waals surface area contributed by atoms with Crippen LogP contribution >= 0.6 is 0 Å². The maximum absolute atomic E-state index is 11.2. The number of benzene rings is 1. The van der Waals surface area contributed by atoms with Crippen LogP contribution in [-0.2, 0) is 0 Å². The van der Waals surface area contributed by atoms with Gasteiger partial charge in [0, 0.05) is 11.8 Å². The molecule has 0 aliphatic heterocycles. The van der Waals surface area contributed by atoms with Crippen LogP contribution in [0.5, 0.6) is 5.75 Å². The molecule has 1 rings (SSSR count). The number of nitrogen functional groups attached to an aromatic ring is 1. The maximum Gasteiger partial charge on any atom is 0.252 e. The third-order valence-corrected chi connectivity index (χ3v) is 2.51. The summed E-state index contributed by atoms with van der Waals surface area (Å²) in [5.41, 5.74) is 11.5. The van der Waals surface area contributed by atoms with E-state index in [9.17, 15) is 4.79 Å². The molecule has 4 heteroatoms.